The summed E-state index contributed by atoms with van der Waals surface area (Å²) >= 11 is 0. The van der Waals surface area contributed by atoms with Gasteiger partial charge in [-0.15, -0.1) is 0 Å². The lowest BCUT2D eigenvalue weighted by Crippen LogP contribution is -1.88. The Morgan fingerprint density at radius 1 is 1.25 bits per heavy atom. The van der Waals surface area contributed by atoms with Crippen molar-refractivity contribution in [3.05, 3.63) is 36.2 Å². The summed E-state index contributed by atoms with van der Waals surface area (Å²) in [7, 11) is 0. The topological polar surface area (TPSA) is 70.5 Å². The van der Waals surface area contributed by atoms with E-state index in [0.29, 0.717) is 5.82 Å². The van der Waals surface area contributed by atoms with Gasteiger partial charge in [-0.25, -0.2) is 0 Å². The van der Waals surface area contributed by atoms with Crippen molar-refractivity contribution >= 4 is 16.7 Å². The van der Waals surface area contributed by atoms with E-state index in [1.54, 1.807) is 6.20 Å². The first-order valence-electron chi connectivity index (χ1n) is 5.14. The van der Waals surface area contributed by atoms with Crippen LogP contribution in [0.4, 0.5) is 5.82 Å². The van der Waals surface area contributed by atoms with Crippen LogP contribution in [-0.2, 0) is 0 Å². The third-order valence-electron chi connectivity index (χ3n) is 2.83. The van der Waals surface area contributed by atoms with Crippen LogP contribution in [-0.4, -0.2) is 15.2 Å². The lowest BCUT2D eigenvalue weighted by molar-refractivity contribution is 1.10. The predicted molar refractivity (Wildman–Crippen MR) is 65.0 cm³/mol. The van der Waals surface area contributed by atoms with Crippen LogP contribution in [0.2, 0.25) is 0 Å². The maximum absolute atomic E-state index is 5.86. The molecule has 2 heterocycles. The molecule has 0 aliphatic heterocycles. The summed E-state index contributed by atoms with van der Waals surface area (Å²) in [6.45, 7) is 2.04. The van der Waals surface area contributed by atoms with E-state index in [1.165, 1.54) is 5.39 Å². The Labute approximate surface area is 92.5 Å². The molecule has 2 aromatic heterocycles. The molecule has 4 nitrogen and oxygen atoms in total. The van der Waals surface area contributed by atoms with Crippen LogP contribution in [0.25, 0.3) is 22.0 Å². The van der Waals surface area contributed by atoms with E-state index in [1.807, 2.05) is 19.1 Å². The Hall–Kier alpha value is -2.23. The minimum Gasteiger partial charge on any atom is -0.384 e. The molecule has 0 fully saturated rings. The highest BCUT2D eigenvalue weighted by molar-refractivity contribution is 5.99. The first-order chi connectivity index (χ1) is 7.77. The molecule has 4 N–H and O–H groups in total. The second-order valence-corrected chi connectivity index (χ2v) is 3.87. The van der Waals surface area contributed by atoms with Gasteiger partial charge in [0.2, 0.25) is 0 Å². The average molecular weight is 212 g/mol. The molecule has 0 unspecified atom stereocenters. The number of nitrogens with two attached hydrogens (primary N) is 1. The van der Waals surface area contributed by atoms with E-state index >= 15 is 0 Å². The molecule has 1 aromatic carbocycles. The number of aryl methyl sites for hydroxylation is 1. The van der Waals surface area contributed by atoms with Gasteiger partial charge in [-0.3, -0.25) is 5.10 Å². The normalized spacial score (nSPS) is 11.1. The molecule has 0 atom stereocenters. The number of benzene rings is 1. The molecule has 0 aliphatic rings. The third kappa shape index (κ3) is 1.13. The summed E-state index contributed by atoms with van der Waals surface area (Å²) in [6.07, 6.45) is 1.76. The van der Waals surface area contributed by atoms with Gasteiger partial charge in [0.1, 0.15) is 5.82 Å². The highest BCUT2D eigenvalue weighted by Gasteiger charge is 2.13. The second kappa shape index (κ2) is 3.13. The van der Waals surface area contributed by atoms with Crippen molar-refractivity contribution in [1.29, 1.82) is 0 Å². The summed E-state index contributed by atoms with van der Waals surface area (Å²) < 4.78 is 0. The van der Waals surface area contributed by atoms with Gasteiger partial charge < -0.3 is 10.7 Å². The van der Waals surface area contributed by atoms with Crippen molar-refractivity contribution in [2.45, 2.75) is 6.92 Å². The number of hydrogen-bond acceptors (Lipinski definition) is 2. The maximum Gasteiger partial charge on any atom is 0.126 e. The minimum atomic E-state index is 0.604. The monoisotopic (exact) mass is 212 g/mol. The van der Waals surface area contributed by atoms with Gasteiger partial charge in [-0.2, -0.15) is 5.10 Å². The Morgan fingerprint density at radius 2 is 2.06 bits per heavy atom. The zero-order valence-corrected chi connectivity index (χ0v) is 8.91. The van der Waals surface area contributed by atoms with Gasteiger partial charge in [-0.05, 0) is 13.0 Å². The number of nitrogens with one attached hydrogen (secondary N) is 2. The van der Waals surface area contributed by atoms with Gasteiger partial charge in [0, 0.05) is 27.7 Å². The van der Waals surface area contributed by atoms with Crippen LogP contribution >= 0.6 is 0 Å². The molecule has 3 aromatic rings. The highest BCUT2D eigenvalue weighted by Crippen LogP contribution is 2.34. The van der Waals surface area contributed by atoms with Crippen molar-refractivity contribution in [3.63, 3.8) is 0 Å². The van der Waals surface area contributed by atoms with Gasteiger partial charge in [0.05, 0.1) is 6.20 Å². The van der Waals surface area contributed by atoms with E-state index in [9.17, 15) is 0 Å². The summed E-state index contributed by atoms with van der Waals surface area (Å²) in [5.41, 5.74) is 10.2. The first kappa shape index (κ1) is 9.03. The SMILES string of the molecule is Cc1[nH]c2ccccc2c1-c1cn[nH]c1N. The predicted octanol–water partition coefficient (Wildman–Crippen LogP) is 2.45. The van der Waals surface area contributed by atoms with E-state index in [4.69, 9.17) is 5.73 Å². The third-order valence-corrected chi connectivity index (χ3v) is 2.83. The Kier molecular flexibility index (Phi) is 1.77. The highest BCUT2D eigenvalue weighted by atomic mass is 15.1. The number of nitrogens with zero attached hydrogens (tertiary/aromatic N) is 1. The van der Waals surface area contributed by atoms with Gasteiger partial charge in [0.15, 0.2) is 0 Å². The minimum absolute atomic E-state index is 0.604. The second-order valence-electron chi connectivity index (χ2n) is 3.87. The van der Waals surface area contributed by atoms with Crippen LogP contribution in [0, 0.1) is 6.92 Å². The van der Waals surface area contributed by atoms with Gasteiger partial charge in [-0.1, -0.05) is 18.2 Å². The first-order valence-corrected chi connectivity index (χ1v) is 5.14. The fraction of sp³-hybridized carbons (Fsp3) is 0.0833. The molecule has 0 bridgehead atoms. The molecule has 3 rings (SSSR count). The molecule has 0 saturated carbocycles. The molecule has 0 spiro atoms. The lowest BCUT2D eigenvalue weighted by atomic mass is 10.1. The van der Waals surface area contributed by atoms with Crippen LogP contribution in [0.15, 0.2) is 30.5 Å². The number of aromatic amines is 2. The van der Waals surface area contributed by atoms with E-state index in [2.05, 4.69) is 27.3 Å². The molecule has 4 heteroatoms. The Morgan fingerprint density at radius 3 is 2.81 bits per heavy atom. The average Bonchev–Trinajstić information content (AvgIpc) is 2.81. The number of aromatic nitrogens is 3. The van der Waals surface area contributed by atoms with Crippen molar-refractivity contribution in [1.82, 2.24) is 15.2 Å². The molecule has 0 saturated heterocycles. The number of rotatable bonds is 1. The fourth-order valence-corrected chi connectivity index (χ4v) is 2.12. The number of hydrogen-bond donors (Lipinski definition) is 3. The van der Waals surface area contributed by atoms with Crippen molar-refractivity contribution in [2.75, 3.05) is 5.73 Å². The quantitative estimate of drug-likeness (QED) is 0.579. The van der Waals surface area contributed by atoms with E-state index in [-0.39, 0.29) is 0 Å². The fourth-order valence-electron chi connectivity index (χ4n) is 2.12. The van der Waals surface area contributed by atoms with Crippen molar-refractivity contribution in [3.8, 4) is 11.1 Å². The van der Waals surface area contributed by atoms with Crippen LogP contribution in [0.1, 0.15) is 5.69 Å². The maximum atomic E-state index is 5.86. The number of anilines is 1. The van der Waals surface area contributed by atoms with Crippen LogP contribution in [0.3, 0.4) is 0 Å². The van der Waals surface area contributed by atoms with Crippen molar-refractivity contribution < 1.29 is 0 Å². The molecule has 80 valence electrons. The summed E-state index contributed by atoms with van der Waals surface area (Å²) in [4.78, 5) is 3.35. The molecular formula is C12H12N4. The largest absolute Gasteiger partial charge is 0.384 e. The number of nitrogen functional groups attached to an aromatic ring is 1. The molecule has 0 amide bonds. The van der Waals surface area contributed by atoms with E-state index in [0.717, 1.165) is 22.3 Å². The standard InChI is InChI=1S/C12H12N4/c1-7-11(9-6-14-16-12(9)13)8-4-2-3-5-10(8)15-7/h2-6,15H,1H3,(H3,13,14,16). The van der Waals surface area contributed by atoms with E-state index < -0.39 is 0 Å². The molecule has 0 aliphatic carbocycles. The molecule has 16 heavy (non-hydrogen) atoms. The zero-order chi connectivity index (χ0) is 11.1. The number of H-pyrrole nitrogens is 2. The number of fused-ring (bicyclic) bond motifs is 1. The Balaban J connectivity index is 2.39. The Bertz CT molecular complexity index is 648. The molecular weight excluding hydrogens is 200 g/mol. The smallest absolute Gasteiger partial charge is 0.126 e. The summed E-state index contributed by atoms with van der Waals surface area (Å²) in [5, 5.41) is 7.90. The van der Waals surface area contributed by atoms with Crippen LogP contribution in [0.5, 0.6) is 0 Å². The summed E-state index contributed by atoms with van der Waals surface area (Å²) in [6, 6.07) is 8.18. The lowest BCUT2D eigenvalue weighted by Gasteiger charge is -1.98. The van der Waals surface area contributed by atoms with Crippen molar-refractivity contribution in [2.24, 2.45) is 0 Å². The number of para-hydroxylation sites is 1. The molecule has 0 radical (unpaired) electrons. The van der Waals surface area contributed by atoms with Crippen LogP contribution < -0.4 is 5.73 Å². The summed E-state index contributed by atoms with van der Waals surface area (Å²) in [5.74, 6) is 0.604. The van der Waals surface area contributed by atoms with Gasteiger partial charge >= 0.3 is 0 Å². The van der Waals surface area contributed by atoms with Gasteiger partial charge in [0.25, 0.3) is 0 Å². The zero-order valence-electron chi connectivity index (χ0n) is 8.91.